The molecule has 0 atom stereocenters. The van der Waals surface area contributed by atoms with Crippen LogP contribution < -0.4 is 5.32 Å². The third kappa shape index (κ3) is 10.7. The average molecular weight is 185 g/mol. The van der Waals surface area contributed by atoms with Crippen molar-refractivity contribution in [3.63, 3.8) is 0 Å². The fourth-order valence-electron chi connectivity index (χ4n) is 0.591. The monoisotopic (exact) mass is 185 g/mol. The Morgan fingerprint density at radius 3 is 2.92 bits per heavy atom. The van der Waals surface area contributed by atoms with Crippen molar-refractivity contribution in [2.24, 2.45) is 0 Å². The molecule has 2 N–H and O–H groups in total. The highest BCUT2D eigenvalue weighted by molar-refractivity contribution is 5.79. The number of hydrogen-bond donors (Lipinski definition) is 2. The molecule has 0 aromatic heterocycles. The summed E-state index contributed by atoms with van der Waals surface area (Å²) in [6.07, 6.45) is 2.42. The van der Waals surface area contributed by atoms with Gasteiger partial charge in [0.15, 0.2) is 0 Å². The fraction of sp³-hybridized carbons (Fsp3) is 0.444. The second-order valence-corrected chi connectivity index (χ2v) is 2.64. The van der Waals surface area contributed by atoms with Gasteiger partial charge in [-0.3, -0.25) is 0 Å². The molecule has 74 valence electrons. The summed E-state index contributed by atoms with van der Waals surface area (Å²) in [5.74, 6) is -0.963. The van der Waals surface area contributed by atoms with E-state index in [1.165, 1.54) is 6.20 Å². The maximum absolute atomic E-state index is 10.0. The van der Waals surface area contributed by atoms with E-state index in [-0.39, 0.29) is 0 Å². The van der Waals surface area contributed by atoms with Crippen molar-refractivity contribution in [2.45, 2.75) is 6.92 Å². The summed E-state index contributed by atoms with van der Waals surface area (Å²) >= 11 is 0. The molecule has 0 aromatic carbocycles. The topological polar surface area (TPSA) is 58.6 Å². The predicted octanol–water partition coefficient (Wildman–Crippen LogP) is 0.767. The van der Waals surface area contributed by atoms with Gasteiger partial charge in [0, 0.05) is 18.8 Å². The minimum atomic E-state index is -0.963. The molecule has 0 spiro atoms. The van der Waals surface area contributed by atoms with E-state index >= 15 is 0 Å². The molecule has 0 aliphatic heterocycles. The van der Waals surface area contributed by atoms with Gasteiger partial charge in [0.25, 0.3) is 0 Å². The van der Waals surface area contributed by atoms with Crippen molar-refractivity contribution < 1.29 is 14.6 Å². The third-order valence-electron chi connectivity index (χ3n) is 1.08. The predicted molar refractivity (Wildman–Crippen MR) is 50.4 cm³/mol. The number of ether oxygens (including phenoxy) is 1. The number of carboxylic acids is 1. The number of carboxylic acid groups (broad SMARTS) is 1. The van der Waals surface area contributed by atoms with Gasteiger partial charge < -0.3 is 15.2 Å². The number of carbonyl (C=O) groups is 1. The molecule has 0 aliphatic carbocycles. The van der Waals surface area contributed by atoms with Crippen LogP contribution in [0, 0.1) is 0 Å². The Balaban J connectivity index is 3.17. The molecule has 0 radical (unpaired) electrons. The fourth-order valence-corrected chi connectivity index (χ4v) is 0.591. The van der Waals surface area contributed by atoms with Crippen molar-refractivity contribution in [1.29, 1.82) is 0 Å². The first-order valence-electron chi connectivity index (χ1n) is 3.98. The van der Waals surface area contributed by atoms with Crippen molar-refractivity contribution >= 4 is 5.97 Å². The van der Waals surface area contributed by atoms with E-state index in [4.69, 9.17) is 9.84 Å². The summed E-state index contributed by atoms with van der Waals surface area (Å²) < 4.78 is 5.16. The maximum atomic E-state index is 10.0. The molecule has 0 fully saturated rings. The summed E-state index contributed by atoms with van der Waals surface area (Å²) in [7, 11) is 0. The lowest BCUT2D eigenvalue weighted by Crippen LogP contribution is -2.14. The summed E-state index contributed by atoms with van der Waals surface area (Å²) in [6.45, 7) is 7.24. The lowest BCUT2D eigenvalue weighted by Gasteiger charge is -2.02. The molecule has 0 saturated heterocycles. The molecule has 0 heterocycles. The van der Waals surface area contributed by atoms with Gasteiger partial charge in [0.1, 0.15) is 0 Å². The summed E-state index contributed by atoms with van der Waals surface area (Å²) in [6, 6.07) is 0. The van der Waals surface area contributed by atoms with E-state index in [1.54, 1.807) is 0 Å². The largest absolute Gasteiger partial charge is 0.478 e. The Bertz CT molecular complexity index is 199. The summed E-state index contributed by atoms with van der Waals surface area (Å²) in [4.78, 5) is 10.0. The number of nitrogens with one attached hydrogen (secondary N) is 1. The molecule has 0 rings (SSSR count). The van der Waals surface area contributed by atoms with E-state index in [1.807, 2.05) is 6.92 Å². The van der Waals surface area contributed by atoms with Crippen LogP contribution in [0.25, 0.3) is 0 Å². The second kappa shape index (κ2) is 7.36. The van der Waals surface area contributed by atoms with Crippen molar-refractivity contribution in [1.82, 2.24) is 5.32 Å². The van der Waals surface area contributed by atoms with Gasteiger partial charge in [-0.05, 0) is 6.92 Å². The standard InChI is InChI=1S/C9H15NO3/c1-8(2)7-13-6-5-10-4-3-9(11)12/h3-4,10H,1,5-7H2,2H3,(H,11,12)/b4-3+. The first kappa shape index (κ1) is 11.7. The molecule has 0 unspecified atom stereocenters. The van der Waals surface area contributed by atoms with Gasteiger partial charge in [-0.15, -0.1) is 0 Å². The van der Waals surface area contributed by atoms with Crippen molar-refractivity contribution in [3.05, 3.63) is 24.4 Å². The van der Waals surface area contributed by atoms with Crippen LogP contribution in [-0.4, -0.2) is 30.8 Å². The smallest absolute Gasteiger partial charge is 0.329 e. The van der Waals surface area contributed by atoms with Gasteiger partial charge in [0.05, 0.1) is 13.2 Å². The van der Waals surface area contributed by atoms with Gasteiger partial charge in [-0.2, -0.15) is 0 Å². The third-order valence-corrected chi connectivity index (χ3v) is 1.08. The van der Waals surface area contributed by atoms with E-state index in [2.05, 4.69) is 11.9 Å². The molecular formula is C9H15NO3. The zero-order valence-electron chi connectivity index (χ0n) is 7.75. The first-order chi connectivity index (χ1) is 6.13. The highest BCUT2D eigenvalue weighted by Crippen LogP contribution is 1.86. The Hall–Kier alpha value is -1.29. The van der Waals surface area contributed by atoms with Crippen LogP contribution in [-0.2, 0) is 9.53 Å². The Labute approximate surface area is 77.9 Å². The molecule has 0 saturated carbocycles. The highest BCUT2D eigenvalue weighted by atomic mass is 16.5. The first-order valence-corrected chi connectivity index (χ1v) is 3.98. The van der Waals surface area contributed by atoms with E-state index in [0.717, 1.165) is 11.6 Å². The number of hydrogen-bond acceptors (Lipinski definition) is 3. The normalized spacial score (nSPS) is 10.2. The molecule has 0 bridgehead atoms. The van der Waals surface area contributed by atoms with Gasteiger partial charge >= 0.3 is 5.97 Å². The van der Waals surface area contributed by atoms with E-state index in [9.17, 15) is 4.79 Å². The average Bonchev–Trinajstić information content (AvgIpc) is 2.01. The lowest BCUT2D eigenvalue weighted by atomic mass is 10.4. The zero-order chi connectivity index (χ0) is 10.1. The van der Waals surface area contributed by atoms with Crippen LogP contribution in [0.3, 0.4) is 0 Å². The lowest BCUT2D eigenvalue weighted by molar-refractivity contribution is -0.131. The van der Waals surface area contributed by atoms with Crippen LogP contribution >= 0.6 is 0 Å². The van der Waals surface area contributed by atoms with E-state index in [0.29, 0.717) is 19.8 Å². The Kier molecular flexibility index (Phi) is 6.63. The van der Waals surface area contributed by atoms with Gasteiger partial charge in [0.2, 0.25) is 0 Å². The van der Waals surface area contributed by atoms with Crippen LogP contribution in [0.2, 0.25) is 0 Å². The molecule has 0 aromatic rings. The van der Waals surface area contributed by atoms with Crippen LogP contribution in [0.15, 0.2) is 24.4 Å². The molecule has 13 heavy (non-hydrogen) atoms. The van der Waals surface area contributed by atoms with Gasteiger partial charge in [-0.1, -0.05) is 12.2 Å². The molecule has 0 aliphatic rings. The van der Waals surface area contributed by atoms with Crippen LogP contribution in [0.5, 0.6) is 0 Å². The van der Waals surface area contributed by atoms with Crippen molar-refractivity contribution in [2.75, 3.05) is 19.8 Å². The van der Waals surface area contributed by atoms with Crippen LogP contribution in [0.1, 0.15) is 6.92 Å². The minimum absolute atomic E-state index is 0.539. The Morgan fingerprint density at radius 1 is 1.69 bits per heavy atom. The van der Waals surface area contributed by atoms with E-state index < -0.39 is 5.97 Å². The summed E-state index contributed by atoms with van der Waals surface area (Å²) in [5.41, 5.74) is 0.973. The Morgan fingerprint density at radius 2 is 2.38 bits per heavy atom. The number of aliphatic carboxylic acids is 1. The van der Waals surface area contributed by atoms with Gasteiger partial charge in [-0.25, -0.2) is 4.79 Å². The maximum Gasteiger partial charge on any atom is 0.329 e. The molecule has 4 nitrogen and oxygen atoms in total. The second-order valence-electron chi connectivity index (χ2n) is 2.64. The van der Waals surface area contributed by atoms with Crippen molar-refractivity contribution in [3.8, 4) is 0 Å². The molecule has 4 heteroatoms. The minimum Gasteiger partial charge on any atom is -0.478 e. The molecular weight excluding hydrogens is 170 g/mol. The highest BCUT2D eigenvalue weighted by Gasteiger charge is 1.87. The molecule has 0 amide bonds. The zero-order valence-corrected chi connectivity index (χ0v) is 7.75. The number of rotatable bonds is 7. The SMILES string of the molecule is C=C(C)COCCN/C=C/C(=O)O. The van der Waals surface area contributed by atoms with Crippen LogP contribution in [0.4, 0.5) is 0 Å². The summed E-state index contributed by atoms with van der Waals surface area (Å²) in [5, 5.41) is 11.0. The quantitative estimate of drug-likeness (QED) is 0.349.